The second-order valence-electron chi connectivity index (χ2n) is 13.8. The number of carbonyl (C=O) groups is 4. The molecule has 254 valence electrons. The molecule has 2 bridgehead atoms. The van der Waals surface area contributed by atoms with Crippen molar-refractivity contribution in [3.05, 3.63) is 63.7 Å². The molecule has 1 aliphatic carbocycles. The summed E-state index contributed by atoms with van der Waals surface area (Å²) in [6, 6.07) is 4.72. The first-order valence-corrected chi connectivity index (χ1v) is 17.8. The van der Waals surface area contributed by atoms with Gasteiger partial charge in [-0.15, -0.1) is 0 Å². The summed E-state index contributed by atoms with van der Waals surface area (Å²) < 4.78 is 2.19. The molecule has 1 saturated heterocycles. The maximum absolute atomic E-state index is 14.4. The van der Waals surface area contributed by atoms with Crippen LogP contribution in [0.15, 0.2) is 35.2 Å². The van der Waals surface area contributed by atoms with Gasteiger partial charge in [-0.3, -0.25) is 28.8 Å². The summed E-state index contributed by atoms with van der Waals surface area (Å²) in [5, 5.41) is 5.11. The van der Waals surface area contributed by atoms with Crippen molar-refractivity contribution in [1.29, 1.82) is 0 Å². The van der Waals surface area contributed by atoms with Crippen molar-refractivity contribution in [1.82, 2.24) is 34.6 Å². The highest BCUT2D eigenvalue weighted by atomic mass is 79.9. The Morgan fingerprint density at radius 3 is 2.51 bits per heavy atom. The van der Waals surface area contributed by atoms with Gasteiger partial charge in [0.05, 0.1) is 35.1 Å². The Morgan fingerprint density at radius 2 is 1.76 bits per heavy atom. The molecule has 12 nitrogen and oxygen atoms in total. The molecule has 2 amide bonds. The van der Waals surface area contributed by atoms with Gasteiger partial charge in [-0.25, -0.2) is 15.0 Å². The van der Waals surface area contributed by atoms with Gasteiger partial charge in [0.1, 0.15) is 22.8 Å². The highest BCUT2D eigenvalue weighted by Crippen LogP contribution is 2.62. The van der Waals surface area contributed by atoms with E-state index >= 15 is 0 Å². The average Bonchev–Trinajstić information content (AvgIpc) is 3.48. The second-order valence-corrected chi connectivity index (χ2v) is 14.6. The number of piperidine rings is 1. The largest absolute Gasteiger partial charge is 0.364 e. The van der Waals surface area contributed by atoms with Crippen molar-refractivity contribution in [2.24, 2.45) is 11.1 Å². The number of halogens is 1. The molecule has 49 heavy (non-hydrogen) atoms. The quantitative estimate of drug-likeness (QED) is 0.285. The molecular formula is C36H39BrN8O4. The van der Waals surface area contributed by atoms with Gasteiger partial charge >= 0.3 is 0 Å². The van der Waals surface area contributed by atoms with Gasteiger partial charge in [0.2, 0.25) is 5.91 Å². The molecule has 0 radical (unpaired) electrons. The first kappa shape index (κ1) is 33.1. The van der Waals surface area contributed by atoms with Gasteiger partial charge in [0.15, 0.2) is 11.5 Å². The average molecular weight is 728 g/mol. The van der Waals surface area contributed by atoms with Gasteiger partial charge in [-0.1, -0.05) is 18.9 Å². The van der Waals surface area contributed by atoms with Crippen LogP contribution >= 0.6 is 15.9 Å². The number of aromatic nitrogens is 6. The van der Waals surface area contributed by atoms with Crippen LogP contribution in [0.25, 0.3) is 22.2 Å². The van der Waals surface area contributed by atoms with Gasteiger partial charge in [0.25, 0.3) is 5.91 Å². The van der Waals surface area contributed by atoms with Gasteiger partial charge in [0, 0.05) is 42.2 Å². The van der Waals surface area contributed by atoms with E-state index in [0.29, 0.717) is 76.1 Å². The SMILES string of the molecule is Cc1ncc(-c2cc3c(C(N)=O)nn4c3c(n2)CCCCCCC(=O)CC[C@@]23C[C@@H](C(=O)Cc5nc(Br)ccc5C)N(C(=O)C4)[C@@H]2C3)cn1. The van der Waals surface area contributed by atoms with E-state index in [1.807, 2.05) is 19.1 Å². The number of pyridine rings is 2. The highest BCUT2D eigenvalue weighted by Gasteiger charge is 2.66. The first-order chi connectivity index (χ1) is 23.5. The molecular weight excluding hydrogens is 688 g/mol. The molecule has 0 spiro atoms. The van der Waals surface area contributed by atoms with Crippen LogP contribution in [-0.2, 0) is 33.8 Å². The Bertz CT molecular complexity index is 1990. The van der Waals surface area contributed by atoms with Crippen molar-refractivity contribution < 1.29 is 19.2 Å². The van der Waals surface area contributed by atoms with Crippen LogP contribution in [0.3, 0.4) is 0 Å². The molecule has 7 rings (SSSR count). The molecule has 3 atom stereocenters. The molecule has 1 saturated carbocycles. The summed E-state index contributed by atoms with van der Waals surface area (Å²) >= 11 is 3.41. The van der Waals surface area contributed by atoms with Crippen LogP contribution in [0.4, 0.5) is 0 Å². The molecule has 2 aliphatic heterocycles. The van der Waals surface area contributed by atoms with Crippen molar-refractivity contribution in [3.8, 4) is 11.3 Å². The normalized spacial score (nSPS) is 23.0. The van der Waals surface area contributed by atoms with E-state index in [-0.39, 0.29) is 47.6 Å². The molecule has 0 unspecified atom stereocenters. The summed E-state index contributed by atoms with van der Waals surface area (Å²) in [5.74, 6) is -0.192. The summed E-state index contributed by atoms with van der Waals surface area (Å²) in [7, 11) is 0. The third-order valence-electron chi connectivity index (χ3n) is 10.5. The smallest absolute Gasteiger partial charge is 0.269 e. The fourth-order valence-electron chi connectivity index (χ4n) is 7.75. The van der Waals surface area contributed by atoms with E-state index in [1.54, 1.807) is 35.0 Å². The number of hydrogen-bond acceptors (Lipinski definition) is 9. The van der Waals surface area contributed by atoms with Crippen LogP contribution in [-0.4, -0.2) is 70.1 Å². The third-order valence-corrected chi connectivity index (χ3v) is 10.9. The number of nitrogens with zero attached hydrogens (tertiary/aromatic N) is 7. The Labute approximate surface area is 292 Å². The Kier molecular flexibility index (Phi) is 8.89. The standard InChI is InChI=1S/C36H39BrN8O4/c1-20-9-10-31(37)42-26(20)14-29(47)28-15-36-12-11-23(46)7-5-3-4-6-8-25-34-24(13-27(41-25)22-17-39-21(2)40-18-22)33(35(38)49)43-44(34)19-32(48)45(28)30(36)16-36/h9-10,13,17-18,28,30H,3-8,11-12,14-16,19H2,1-2H3,(H2,38,49)/t28-,30+,36-/m0/s1. The summed E-state index contributed by atoms with van der Waals surface area (Å²) in [6.07, 6.45) is 10.4. The molecule has 4 aromatic heterocycles. The van der Waals surface area contributed by atoms with E-state index in [4.69, 9.17) is 10.7 Å². The first-order valence-electron chi connectivity index (χ1n) is 17.0. The Hall–Kier alpha value is -4.39. The monoisotopic (exact) mass is 726 g/mol. The van der Waals surface area contributed by atoms with Crippen molar-refractivity contribution in [2.45, 2.75) is 103 Å². The molecule has 2 fully saturated rings. The third kappa shape index (κ3) is 6.52. The maximum Gasteiger partial charge on any atom is 0.269 e. The van der Waals surface area contributed by atoms with Crippen LogP contribution in [0.1, 0.15) is 91.1 Å². The fraction of sp³-hybridized carbons (Fsp3) is 0.472. The number of rotatable bonds is 5. The van der Waals surface area contributed by atoms with Crippen molar-refractivity contribution in [2.75, 3.05) is 0 Å². The van der Waals surface area contributed by atoms with E-state index in [1.165, 1.54) is 0 Å². The number of carbonyl (C=O) groups excluding carboxylic acids is 4. The minimum atomic E-state index is -0.710. The van der Waals surface area contributed by atoms with Crippen LogP contribution in [0.2, 0.25) is 0 Å². The minimum Gasteiger partial charge on any atom is -0.364 e. The van der Waals surface area contributed by atoms with Crippen LogP contribution in [0, 0.1) is 19.3 Å². The lowest BCUT2D eigenvalue weighted by molar-refractivity contribution is -0.139. The zero-order valence-electron chi connectivity index (χ0n) is 27.7. The van der Waals surface area contributed by atoms with Gasteiger partial charge < -0.3 is 10.6 Å². The molecule has 4 aromatic rings. The number of ketones is 2. The summed E-state index contributed by atoms with van der Waals surface area (Å²) in [5.41, 5.74) is 9.76. The minimum absolute atomic E-state index is 0.0552. The highest BCUT2D eigenvalue weighted by molar-refractivity contribution is 9.10. The number of aryl methyl sites for hydroxylation is 3. The summed E-state index contributed by atoms with van der Waals surface area (Å²) in [6.45, 7) is 3.53. The lowest BCUT2D eigenvalue weighted by atomic mass is 9.90. The number of Topliss-reactive ketones (excluding diaryl/α,β-unsaturated/α-hetero) is 2. The lowest BCUT2D eigenvalue weighted by Crippen LogP contribution is -2.45. The van der Waals surface area contributed by atoms with Crippen LogP contribution < -0.4 is 5.73 Å². The zero-order chi connectivity index (χ0) is 34.4. The van der Waals surface area contributed by atoms with Crippen molar-refractivity contribution in [3.63, 3.8) is 0 Å². The maximum atomic E-state index is 14.4. The second kappa shape index (κ2) is 13.1. The Morgan fingerprint density at radius 1 is 1.00 bits per heavy atom. The van der Waals surface area contributed by atoms with Gasteiger partial charge in [-0.2, -0.15) is 5.10 Å². The van der Waals surface area contributed by atoms with Crippen molar-refractivity contribution >= 4 is 50.2 Å². The molecule has 0 aromatic carbocycles. The molecule has 6 heterocycles. The molecule has 3 aliphatic rings. The zero-order valence-corrected chi connectivity index (χ0v) is 29.3. The fourth-order valence-corrected chi connectivity index (χ4v) is 8.10. The number of primary amides is 1. The van der Waals surface area contributed by atoms with E-state index in [0.717, 1.165) is 37.7 Å². The number of hydrogen-bond donors (Lipinski definition) is 1. The number of amides is 2. The predicted molar refractivity (Wildman–Crippen MR) is 184 cm³/mol. The van der Waals surface area contributed by atoms with E-state index in [9.17, 15) is 19.2 Å². The van der Waals surface area contributed by atoms with E-state index in [2.05, 4.69) is 36.0 Å². The lowest BCUT2D eigenvalue weighted by Gasteiger charge is -2.27. The predicted octanol–water partition coefficient (Wildman–Crippen LogP) is 4.79. The van der Waals surface area contributed by atoms with E-state index < -0.39 is 11.9 Å². The van der Waals surface area contributed by atoms with Crippen LogP contribution in [0.5, 0.6) is 0 Å². The van der Waals surface area contributed by atoms with Gasteiger partial charge in [-0.05, 0) is 91.4 Å². The topological polar surface area (TPSA) is 167 Å². The molecule has 13 heteroatoms. The Balaban J connectivity index is 1.29. The number of nitrogens with two attached hydrogens (primary N) is 1. The summed E-state index contributed by atoms with van der Waals surface area (Å²) in [4.78, 5) is 74.1. The molecule has 2 N–H and O–H groups in total.